The molecule has 0 radical (unpaired) electrons. The Labute approximate surface area is 122 Å². The fraction of sp³-hybridized carbons (Fsp3) is 0.647. The van der Waals surface area contributed by atoms with Crippen molar-refractivity contribution in [1.29, 1.82) is 0 Å². The van der Waals surface area contributed by atoms with Crippen molar-refractivity contribution in [3.8, 4) is 5.75 Å². The van der Waals surface area contributed by atoms with Crippen LogP contribution in [0.25, 0.3) is 0 Å². The second-order valence-corrected chi connectivity index (χ2v) is 5.83. The third-order valence-electron chi connectivity index (χ3n) is 3.69. The van der Waals surface area contributed by atoms with Gasteiger partial charge in [0.25, 0.3) is 0 Å². The fourth-order valence-corrected chi connectivity index (χ4v) is 2.71. The van der Waals surface area contributed by atoms with Crippen LogP contribution in [-0.2, 0) is 4.74 Å². The average Bonchev–Trinajstić information content (AvgIpc) is 2.67. The fourth-order valence-electron chi connectivity index (χ4n) is 2.71. The summed E-state index contributed by atoms with van der Waals surface area (Å²) in [6.07, 6.45) is 3.64. The predicted molar refractivity (Wildman–Crippen MR) is 82.2 cm³/mol. The first-order valence-electron chi connectivity index (χ1n) is 7.76. The zero-order valence-corrected chi connectivity index (χ0v) is 12.9. The zero-order valence-electron chi connectivity index (χ0n) is 12.9. The number of hydrogen-bond acceptors (Lipinski definition) is 3. The van der Waals surface area contributed by atoms with E-state index in [0.717, 1.165) is 31.8 Å². The van der Waals surface area contributed by atoms with Gasteiger partial charge in [-0.05, 0) is 46.1 Å². The van der Waals surface area contributed by atoms with Crippen molar-refractivity contribution in [2.45, 2.75) is 58.2 Å². The second kappa shape index (κ2) is 7.65. The molecule has 1 aliphatic rings. The van der Waals surface area contributed by atoms with Gasteiger partial charge in [-0.15, -0.1) is 0 Å². The Hall–Kier alpha value is -1.06. The van der Waals surface area contributed by atoms with E-state index in [1.807, 2.05) is 6.07 Å². The standard InChI is InChI=1S/C17H27NO2/c1-13(2)20-17-9-5-4-8-16(17)14(3)18-15-7-6-11-19-12-10-15/h4-5,8-9,13-15,18H,6-7,10-12H2,1-3H3. The molecular weight excluding hydrogens is 250 g/mol. The molecule has 0 spiro atoms. The SMILES string of the molecule is CC(C)Oc1ccccc1C(C)NC1CCCOCC1. The highest BCUT2D eigenvalue weighted by molar-refractivity contribution is 5.35. The molecule has 0 aromatic heterocycles. The molecule has 3 heteroatoms. The number of hydrogen-bond donors (Lipinski definition) is 1. The highest BCUT2D eigenvalue weighted by Crippen LogP contribution is 2.27. The first-order chi connectivity index (χ1) is 9.66. The predicted octanol–water partition coefficient (Wildman–Crippen LogP) is 3.69. The van der Waals surface area contributed by atoms with E-state index in [-0.39, 0.29) is 6.10 Å². The van der Waals surface area contributed by atoms with Gasteiger partial charge < -0.3 is 14.8 Å². The smallest absolute Gasteiger partial charge is 0.124 e. The summed E-state index contributed by atoms with van der Waals surface area (Å²) in [4.78, 5) is 0. The molecule has 0 amide bonds. The van der Waals surface area contributed by atoms with Crippen molar-refractivity contribution < 1.29 is 9.47 Å². The lowest BCUT2D eigenvalue weighted by molar-refractivity contribution is 0.142. The summed E-state index contributed by atoms with van der Waals surface area (Å²) in [5, 5.41) is 3.73. The molecule has 112 valence electrons. The lowest BCUT2D eigenvalue weighted by Gasteiger charge is -2.24. The summed E-state index contributed by atoms with van der Waals surface area (Å²) < 4.78 is 11.4. The van der Waals surface area contributed by atoms with Crippen LogP contribution in [0.2, 0.25) is 0 Å². The maximum atomic E-state index is 5.92. The van der Waals surface area contributed by atoms with Gasteiger partial charge in [0.15, 0.2) is 0 Å². The van der Waals surface area contributed by atoms with E-state index in [1.165, 1.54) is 12.0 Å². The first-order valence-corrected chi connectivity index (χ1v) is 7.76. The van der Waals surface area contributed by atoms with Crippen molar-refractivity contribution in [1.82, 2.24) is 5.32 Å². The molecule has 1 fully saturated rings. The molecule has 1 saturated heterocycles. The van der Waals surface area contributed by atoms with E-state index in [4.69, 9.17) is 9.47 Å². The van der Waals surface area contributed by atoms with Gasteiger partial charge in [-0.2, -0.15) is 0 Å². The topological polar surface area (TPSA) is 30.5 Å². The molecule has 3 nitrogen and oxygen atoms in total. The van der Waals surface area contributed by atoms with Crippen LogP contribution in [-0.4, -0.2) is 25.4 Å². The zero-order chi connectivity index (χ0) is 14.4. The molecule has 2 rings (SSSR count). The lowest BCUT2D eigenvalue weighted by atomic mass is 10.0. The summed E-state index contributed by atoms with van der Waals surface area (Å²) >= 11 is 0. The molecule has 1 N–H and O–H groups in total. The van der Waals surface area contributed by atoms with E-state index in [1.54, 1.807) is 0 Å². The molecule has 1 heterocycles. The van der Waals surface area contributed by atoms with Gasteiger partial charge in [0.05, 0.1) is 6.10 Å². The van der Waals surface area contributed by atoms with E-state index in [2.05, 4.69) is 44.3 Å². The average molecular weight is 277 g/mol. The van der Waals surface area contributed by atoms with E-state index >= 15 is 0 Å². The molecule has 20 heavy (non-hydrogen) atoms. The van der Waals surface area contributed by atoms with E-state index < -0.39 is 0 Å². The van der Waals surface area contributed by atoms with Crippen LogP contribution < -0.4 is 10.1 Å². The number of rotatable bonds is 5. The van der Waals surface area contributed by atoms with Crippen LogP contribution in [0.15, 0.2) is 24.3 Å². The largest absolute Gasteiger partial charge is 0.491 e. The summed E-state index contributed by atoms with van der Waals surface area (Å²) in [7, 11) is 0. The Morgan fingerprint density at radius 1 is 1.15 bits per heavy atom. The van der Waals surface area contributed by atoms with Crippen LogP contribution in [0, 0.1) is 0 Å². The summed E-state index contributed by atoms with van der Waals surface area (Å²) in [6, 6.07) is 9.17. The van der Waals surface area contributed by atoms with Crippen LogP contribution >= 0.6 is 0 Å². The van der Waals surface area contributed by atoms with E-state index in [0.29, 0.717) is 12.1 Å². The molecule has 1 aromatic carbocycles. The monoisotopic (exact) mass is 277 g/mol. The quantitative estimate of drug-likeness (QED) is 0.890. The molecular formula is C17H27NO2. The third-order valence-corrected chi connectivity index (χ3v) is 3.69. The van der Waals surface area contributed by atoms with Crippen molar-refractivity contribution in [3.05, 3.63) is 29.8 Å². The van der Waals surface area contributed by atoms with Gasteiger partial charge in [0.2, 0.25) is 0 Å². The Morgan fingerprint density at radius 2 is 1.95 bits per heavy atom. The number of nitrogens with one attached hydrogen (secondary N) is 1. The molecule has 1 aliphatic heterocycles. The third kappa shape index (κ3) is 4.50. The molecule has 0 aliphatic carbocycles. The van der Waals surface area contributed by atoms with Crippen molar-refractivity contribution >= 4 is 0 Å². The normalized spacial score (nSPS) is 21.5. The highest BCUT2D eigenvalue weighted by Gasteiger charge is 2.18. The summed E-state index contributed by atoms with van der Waals surface area (Å²) in [5.74, 6) is 0.993. The number of ether oxygens (including phenoxy) is 2. The maximum absolute atomic E-state index is 5.92. The van der Waals surface area contributed by atoms with Crippen molar-refractivity contribution in [3.63, 3.8) is 0 Å². The minimum Gasteiger partial charge on any atom is -0.491 e. The van der Waals surface area contributed by atoms with Crippen LogP contribution in [0.4, 0.5) is 0 Å². The Morgan fingerprint density at radius 3 is 2.75 bits per heavy atom. The Bertz CT molecular complexity index is 398. The number of benzene rings is 1. The van der Waals surface area contributed by atoms with Crippen molar-refractivity contribution in [2.75, 3.05) is 13.2 Å². The van der Waals surface area contributed by atoms with Gasteiger partial charge in [0.1, 0.15) is 5.75 Å². The Balaban J connectivity index is 2.02. The molecule has 0 bridgehead atoms. The van der Waals surface area contributed by atoms with Gasteiger partial charge in [0, 0.05) is 30.9 Å². The van der Waals surface area contributed by atoms with Gasteiger partial charge >= 0.3 is 0 Å². The molecule has 2 unspecified atom stereocenters. The van der Waals surface area contributed by atoms with Crippen LogP contribution in [0.3, 0.4) is 0 Å². The highest BCUT2D eigenvalue weighted by atomic mass is 16.5. The molecule has 1 aromatic rings. The van der Waals surface area contributed by atoms with Crippen LogP contribution in [0.5, 0.6) is 5.75 Å². The van der Waals surface area contributed by atoms with Gasteiger partial charge in [-0.25, -0.2) is 0 Å². The van der Waals surface area contributed by atoms with Crippen LogP contribution in [0.1, 0.15) is 51.6 Å². The second-order valence-electron chi connectivity index (χ2n) is 5.83. The van der Waals surface area contributed by atoms with Gasteiger partial charge in [-0.3, -0.25) is 0 Å². The minimum absolute atomic E-state index is 0.203. The molecule has 0 saturated carbocycles. The number of para-hydroxylation sites is 1. The summed E-state index contributed by atoms with van der Waals surface area (Å²) in [5.41, 5.74) is 1.24. The lowest BCUT2D eigenvalue weighted by Crippen LogP contribution is -2.32. The van der Waals surface area contributed by atoms with Gasteiger partial charge in [-0.1, -0.05) is 18.2 Å². The molecule has 2 atom stereocenters. The van der Waals surface area contributed by atoms with Crippen molar-refractivity contribution in [2.24, 2.45) is 0 Å². The maximum Gasteiger partial charge on any atom is 0.124 e. The van der Waals surface area contributed by atoms with E-state index in [9.17, 15) is 0 Å². The summed E-state index contributed by atoms with van der Waals surface area (Å²) in [6.45, 7) is 8.12. The minimum atomic E-state index is 0.203. The Kier molecular flexibility index (Phi) is 5.86. The first kappa shape index (κ1) is 15.3.